The molecule has 0 fully saturated rings. The second-order valence-electron chi connectivity index (χ2n) is 4.21. The smallest absolute Gasteiger partial charge is 0.301 e. The SMILES string of the molecule is C=NC=C(C)n1c(C)cc2cc(C(F)(F)F)cnc21. The number of allylic oxidation sites excluding steroid dienone is 1. The zero-order valence-corrected chi connectivity index (χ0v) is 10.5. The number of hydrogen-bond acceptors (Lipinski definition) is 2. The van der Waals surface area contributed by atoms with Gasteiger partial charge < -0.3 is 4.57 Å². The summed E-state index contributed by atoms with van der Waals surface area (Å²) in [5.74, 6) is 0. The molecule has 0 amide bonds. The average Bonchev–Trinajstić information content (AvgIpc) is 2.62. The van der Waals surface area contributed by atoms with Crippen LogP contribution in [0.2, 0.25) is 0 Å². The average molecular weight is 267 g/mol. The number of halogens is 3. The van der Waals surface area contributed by atoms with Gasteiger partial charge in [-0.15, -0.1) is 0 Å². The van der Waals surface area contributed by atoms with E-state index in [1.807, 2.05) is 0 Å². The van der Waals surface area contributed by atoms with E-state index in [-0.39, 0.29) is 0 Å². The van der Waals surface area contributed by atoms with Crippen molar-refractivity contribution >= 4 is 23.4 Å². The normalized spacial score (nSPS) is 13.0. The summed E-state index contributed by atoms with van der Waals surface area (Å²) in [5, 5.41) is 0.448. The summed E-state index contributed by atoms with van der Waals surface area (Å²) in [7, 11) is 0. The second kappa shape index (κ2) is 4.53. The van der Waals surface area contributed by atoms with Crippen LogP contribution in [-0.2, 0) is 6.18 Å². The molecule has 0 N–H and O–H groups in total. The molecule has 0 aliphatic rings. The van der Waals surface area contributed by atoms with E-state index in [1.165, 1.54) is 6.20 Å². The van der Waals surface area contributed by atoms with E-state index in [0.29, 0.717) is 11.0 Å². The van der Waals surface area contributed by atoms with Crippen LogP contribution < -0.4 is 0 Å². The monoisotopic (exact) mass is 267 g/mol. The molecule has 6 heteroatoms. The van der Waals surface area contributed by atoms with Crippen LogP contribution in [0.5, 0.6) is 0 Å². The van der Waals surface area contributed by atoms with Crippen LogP contribution in [0.3, 0.4) is 0 Å². The number of hydrogen-bond donors (Lipinski definition) is 0. The third-order valence-corrected chi connectivity index (χ3v) is 2.78. The highest BCUT2D eigenvalue weighted by Crippen LogP contribution is 2.31. The molecule has 2 aromatic rings. The highest BCUT2D eigenvalue weighted by Gasteiger charge is 2.31. The van der Waals surface area contributed by atoms with E-state index in [4.69, 9.17) is 0 Å². The molecule has 2 aromatic heterocycles. The van der Waals surface area contributed by atoms with Gasteiger partial charge in [-0.2, -0.15) is 13.2 Å². The maximum Gasteiger partial charge on any atom is 0.417 e. The third-order valence-electron chi connectivity index (χ3n) is 2.78. The van der Waals surface area contributed by atoms with Crippen LogP contribution in [0.15, 0.2) is 29.5 Å². The molecule has 0 unspecified atom stereocenters. The number of pyridine rings is 1. The van der Waals surface area contributed by atoms with Crippen LogP contribution in [0, 0.1) is 6.92 Å². The number of aromatic nitrogens is 2. The molecule has 0 aliphatic carbocycles. The Bertz CT molecular complexity index is 666. The van der Waals surface area contributed by atoms with Gasteiger partial charge in [-0.05, 0) is 32.7 Å². The fourth-order valence-corrected chi connectivity index (χ4v) is 2.01. The molecular weight excluding hydrogens is 255 g/mol. The van der Waals surface area contributed by atoms with Gasteiger partial charge in [0.15, 0.2) is 0 Å². The van der Waals surface area contributed by atoms with Crippen molar-refractivity contribution < 1.29 is 13.2 Å². The topological polar surface area (TPSA) is 30.2 Å². The lowest BCUT2D eigenvalue weighted by atomic mass is 10.2. The molecule has 19 heavy (non-hydrogen) atoms. The lowest BCUT2D eigenvalue weighted by Gasteiger charge is -2.08. The van der Waals surface area contributed by atoms with Gasteiger partial charge in [0.1, 0.15) is 5.65 Å². The zero-order chi connectivity index (χ0) is 14.2. The summed E-state index contributed by atoms with van der Waals surface area (Å²) >= 11 is 0. The molecule has 0 saturated heterocycles. The van der Waals surface area contributed by atoms with E-state index in [2.05, 4.69) is 16.7 Å². The molecule has 2 heterocycles. The van der Waals surface area contributed by atoms with Gasteiger partial charge in [0, 0.05) is 29.2 Å². The highest BCUT2D eigenvalue weighted by atomic mass is 19.4. The number of nitrogens with zero attached hydrogens (tertiary/aromatic N) is 3. The van der Waals surface area contributed by atoms with Crippen molar-refractivity contribution in [3.8, 4) is 0 Å². The second-order valence-corrected chi connectivity index (χ2v) is 4.21. The number of rotatable bonds is 2. The fourth-order valence-electron chi connectivity index (χ4n) is 2.01. The molecule has 100 valence electrons. The fraction of sp³-hybridized carbons (Fsp3) is 0.231. The Morgan fingerprint density at radius 1 is 1.42 bits per heavy atom. The minimum absolute atomic E-state index is 0.448. The minimum atomic E-state index is -4.38. The molecular formula is C13H12F3N3. The van der Waals surface area contributed by atoms with Gasteiger partial charge in [-0.1, -0.05) is 0 Å². The molecule has 0 radical (unpaired) electrons. The summed E-state index contributed by atoms with van der Waals surface area (Å²) in [6.07, 6.45) is -2.01. The Labute approximate surface area is 108 Å². The first-order chi connectivity index (χ1) is 8.84. The Morgan fingerprint density at radius 3 is 2.68 bits per heavy atom. The lowest BCUT2D eigenvalue weighted by Crippen LogP contribution is -2.05. The van der Waals surface area contributed by atoms with E-state index < -0.39 is 11.7 Å². The predicted molar refractivity (Wildman–Crippen MR) is 69.0 cm³/mol. The van der Waals surface area contributed by atoms with Crippen molar-refractivity contribution in [3.05, 3.63) is 35.8 Å². The molecule has 3 nitrogen and oxygen atoms in total. The summed E-state index contributed by atoms with van der Waals surface area (Å²) in [4.78, 5) is 7.57. The van der Waals surface area contributed by atoms with Gasteiger partial charge in [0.2, 0.25) is 0 Å². The van der Waals surface area contributed by atoms with Crippen molar-refractivity contribution in [2.75, 3.05) is 0 Å². The van der Waals surface area contributed by atoms with E-state index >= 15 is 0 Å². The maximum absolute atomic E-state index is 12.6. The number of alkyl halides is 3. The Morgan fingerprint density at radius 2 is 2.11 bits per heavy atom. The molecule has 0 saturated carbocycles. The van der Waals surface area contributed by atoms with Crippen molar-refractivity contribution in [1.82, 2.24) is 9.55 Å². The first kappa shape index (κ1) is 13.3. The van der Waals surface area contributed by atoms with E-state index in [0.717, 1.165) is 23.7 Å². The summed E-state index contributed by atoms with van der Waals surface area (Å²) in [6.45, 7) is 6.95. The number of aliphatic imine (C=N–C) groups is 1. The van der Waals surface area contributed by atoms with Crippen molar-refractivity contribution in [2.45, 2.75) is 20.0 Å². The lowest BCUT2D eigenvalue weighted by molar-refractivity contribution is -0.137. The van der Waals surface area contributed by atoms with Crippen LogP contribution in [0.1, 0.15) is 18.2 Å². The standard InChI is InChI=1S/C13H12F3N3/c1-8-4-10-5-11(13(14,15)16)7-18-12(10)19(8)9(2)6-17-3/h4-7H,3H2,1-2H3. The number of aryl methyl sites for hydroxylation is 1. The van der Waals surface area contributed by atoms with Gasteiger partial charge in [-0.3, -0.25) is 4.99 Å². The van der Waals surface area contributed by atoms with Crippen LogP contribution in [-0.4, -0.2) is 16.3 Å². The molecule has 0 atom stereocenters. The third kappa shape index (κ3) is 2.38. The maximum atomic E-state index is 12.6. The minimum Gasteiger partial charge on any atom is -0.301 e. The van der Waals surface area contributed by atoms with Gasteiger partial charge in [0.25, 0.3) is 0 Å². The highest BCUT2D eigenvalue weighted by molar-refractivity contribution is 5.81. The Balaban J connectivity index is 2.67. The zero-order valence-electron chi connectivity index (χ0n) is 10.5. The van der Waals surface area contributed by atoms with Gasteiger partial charge >= 0.3 is 6.18 Å². The Hall–Kier alpha value is -2.11. The van der Waals surface area contributed by atoms with Crippen molar-refractivity contribution in [3.63, 3.8) is 0 Å². The van der Waals surface area contributed by atoms with E-state index in [9.17, 15) is 13.2 Å². The van der Waals surface area contributed by atoms with Crippen LogP contribution in [0.25, 0.3) is 16.7 Å². The van der Waals surface area contributed by atoms with Crippen LogP contribution in [0.4, 0.5) is 13.2 Å². The quantitative estimate of drug-likeness (QED) is 0.759. The number of fused-ring (bicyclic) bond motifs is 1. The predicted octanol–water partition coefficient (Wildman–Crippen LogP) is 3.88. The first-order valence-electron chi connectivity index (χ1n) is 5.53. The Kier molecular flexibility index (Phi) is 3.18. The molecule has 0 bridgehead atoms. The van der Waals surface area contributed by atoms with Gasteiger partial charge in [0.05, 0.1) is 5.56 Å². The van der Waals surface area contributed by atoms with Gasteiger partial charge in [-0.25, -0.2) is 4.98 Å². The first-order valence-corrected chi connectivity index (χ1v) is 5.53. The van der Waals surface area contributed by atoms with Crippen molar-refractivity contribution in [1.29, 1.82) is 0 Å². The molecule has 0 aromatic carbocycles. The largest absolute Gasteiger partial charge is 0.417 e. The molecule has 0 spiro atoms. The molecule has 0 aliphatic heterocycles. The van der Waals surface area contributed by atoms with Crippen LogP contribution >= 0.6 is 0 Å². The van der Waals surface area contributed by atoms with Crippen molar-refractivity contribution in [2.24, 2.45) is 4.99 Å². The summed E-state index contributed by atoms with van der Waals surface area (Å²) in [5.41, 5.74) is 1.26. The summed E-state index contributed by atoms with van der Waals surface area (Å²) in [6, 6.07) is 2.76. The summed E-state index contributed by atoms with van der Waals surface area (Å²) < 4.78 is 39.6. The van der Waals surface area contributed by atoms with E-state index in [1.54, 1.807) is 24.5 Å². The molecule has 2 rings (SSSR count).